The van der Waals surface area contributed by atoms with Crippen LogP contribution in [0.4, 0.5) is 0 Å². The molecule has 0 fully saturated rings. The van der Waals surface area contributed by atoms with Crippen molar-refractivity contribution >= 4 is 25.8 Å². The summed E-state index contributed by atoms with van der Waals surface area (Å²) in [5.74, 6) is -0.879. The number of hydrogen-bond donors (Lipinski definition) is 1. The average Bonchev–Trinajstić information content (AvgIpc) is 1.90. The molecule has 0 aliphatic rings. The largest absolute Gasteiger partial charge is 2.00 e. The van der Waals surface area contributed by atoms with Crippen molar-refractivity contribution < 1.29 is 19.3 Å². The summed E-state index contributed by atoms with van der Waals surface area (Å²) in [5, 5.41) is 8.38. The van der Waals surface area contributed by atoms with E-state index in [0.717, 1.165) is 0 Å². The van der Waals surface area contributed by atoms with Crippen molar-refractivity contribution in [1.82, 2.24) is 0 Å². The molecule has 0 heterocycles. The second-order valence-electron chi connectivity index (χ2n) is 1.67. The van der Waals surface area contributed by atoms with Crippen LogP contribution < -0.4 is 9.41 Å². The summed E-state index contributed by atoms with van der Waals surface area (Å²) >= 11 is 0. The maximum atomic E-state index is 10.2. The van der Waals surface area contributed by atoms with Gasteiger partial charge >= 0.3 is 25.8 Å². The van der Waals surface area contributed by atoms with Crippen LogP contribution in [0.5, 0.6) is 0 Å². The van der Waals surface area contributed by atoms with Gasteiger partial charge in [0.25, 0.3) is 0 Å². The molecule has 0 spiro atoms. The summed E-state index contributed by atoms with van der Waals surface area (Å²) in [6, 6.07) is 8.30. The Morgan fingerprint density at radius 2 is 1.50 bits per heavy atom. The summed E-state index contributed by atoms with van der Waals surface area (Å²) in [7, 11) is 0. The zero-order valence-corrected chi connectivity index (χ0v) is 8.50. The van der Waals surface area contributed by atoms with Gasteiger partial charge in [-0.15, -0.1) is 0 Å². The van der Waals surface area contributed by atoms with Crippen LogP contribution in [0.1, 0.15) is 10.4 Å². The Bertz CT molecular complexity index is 216. The Labute approximate surface area is 81.4 Å². The van der Waals surface area contributed by atoms with Crippen LogP contribution in [0.2, 0.25) is 0 Å². The Morgan fingerprint density at radius 1 is 1.08 bits per heavy atom. The van der Waals surface area contributed by atoms with E-state index in [-0.39, 0.29) is 29.2 Å². The summed E-state index contributed by atoms with van der Waals surface area (Å²) in [4.78, 5) is 10.2. The third-order valence-corrected chi connectivity index (χ3v) is 1.02. The van der Waals surface area contributed by atoms with Gasteiger partial charge < -0.3 is 14.5 Å². The molecule has 0 amide bonds. The molecule has 0 atom stereocenters. The van der Waals surface area contributed by atoms with Crippen LogP contribution in [0, 0.1) is 0 Å². The molecule has 5 heteroatoms. The number of rotatable bonds is 1. The van der Waals surface area contributed by atoms with E-state index in [0.29, 0.717) is 5.56 Å². The van der Waals surface area contributed by atoms with Gasteiger partial charge in [-0.3, -0.25) is 0 Å². The molecule has 63 valence electrons. The first-order valence-corrected chi connectivity index (χ1v) is 2.59. The Kier molecular flexibility index (Phi) is 12.0. The molecule has 0 aromatic heterocycles. The van der Waals surface area contributed by atoms with E-state index in [2.05, 4.69) is 0 Å². The number of aromatic carboxylic acids is 1. The molecule has 0 unspecified atom stereocenters. The van der Waals surface area contributed by atoms with Crippen LogP contribution in [0.3, 0.4) is 0 Å². The Hall–Kier alpha value is -0.814. The molecule has 1 N–H and O–H groups in total. The molecular weight excluding hydrogens is 224 g/mol. The number of carboxylic acids is 1. The van der Waals surface area contributed by atoms with Crippen LogP contribution >= 0.6 is 0 Å². The maximum Gasteiger partial charge on any atom is 2.00 e. The van der Waals surface area contributed by atoms with E-state index in [4.69, 9.17) is 5.11 Å². The predicted octanol–water partition coefficient (Wildman–Crippen LogP) is -4.99. The van der Waals surface area contributed by atoms with E-state index in [1.807, 2.05) is 0 Å². The molecular formula is C7H6F2GaO2. The first kappa shape index (κ1) is 17.3. The van der Waals surface area contributed by atoms with Crippen molar-refractivity contribution in [1.29, 1.82) is 0 Å². The fourth-order valence-electron chi connectivity index (χ4n) is 0.581. The van der Waals surface area contributed by atoms with Gasteiger partial charge in [-0.25, -0.2) is 4.79 Å². The number of halogens is 2. The first-order chi connectivity index (χ1) is 4.30. The van der Waals surface area contributed by atoms with Gasteiger partial charge in [0, 0.05) is 0 Å². The monoisotopic (exact) mass is 229 g/mol. The second kappa shape index (κ2) is 8.28. The van der Waals surface area contributed by atoms with E-state index >= 15 is 0 Å². The SMILES string of the molecule is O=C(O)c1ccccc1.[F-].[F-].[Ga+2]. The standard InChI is InChI=1S/C7H6O2.2FH.Ga/c8-7(9)6-4-2-1-3-5-6;;;/h1-5H,(H,8,9);2*1H;/q;;;+2/p-2. The third kappa shape index (κ3) is 4.92. The van der Waals surface area contributed by atoms with Crippen molar-refractivity contribution in [2.24, 2.45) is 0 Å². The maximum absolute atomic E-state index is 10.2. The second-order valence-corrected chi connectivity index (χ2v) is 1.67. The molecule has 2 nitrogen and oxygen atoms in total. The van der Waals surface area contributed by atoms with Gasteiger partial charge in [0.15, 0.2) is 0 Å². The fourth-order valence-corrected chi connectivity index (χ4v) is 0.581. The molecule has 1 rings (SSSR count). The molecule has 1 radical (unpaired) electrons. The van der Waals surface area contributed by atoms with Gasteiger partial charge in [-0.05, 0) is 12.1 Å². The minimum atomic E-state index is -0.879. The van der Waals surface area contributed by atoms with Crippen molar-refractivity contribution in [3.8, 4) is 0 Å². The van der Waals surface area contributed by atoms with Crippen molar-refractivity contribution in [3.63, 3.8) is 0 Å². The van der Waals surface area contributed by atoms with Crippen LogP contribution in [0.25, 0.3) is 0 Å². The van der Waals surface area contributed by atoms with Gasteiger partial charge in [0.2, 0.25) is 0 Å². The Morgan fingerprint density at radius 3 is 1.75 bits per heavy atom. The minimum absolute atomic E-state index is 0. The molecule has 12 heavy (non-hydrogen) atoms. The summed E-state index contributed by atoms with van der Waals surface area (Å²) in [6.45, 7) is 0. The van der Waals surface area contributed by atoms with E-state index < -0.39 is 5.97 Å². The Balaban J connectivity index is -0.000000270. The quantitative estimate of drug-likeness (QED) is 0.490. The number of carboxylic acid groups (broad SMARTS) is 1. The number of hydrogen-bond acceptors (Lipinski definition) is 1. The summed E-state index contributed by atoms with van der Waals surface area (Å²) in [5.41, 5.74) is 0.331. The minimum Gasteiger partial charge on any atom is -1.00 e. The van der Waals surface area contributed by atoms with Crippen molar-refractivity contribution in [2.75, 3.05) is 0 Å². The normalized spacial score (nSPS) is 6.67. The first-order valence-electron chi connectivity index (χ1n) is 2.59. The van der Waals surface area contributed by atoms with E-state index in [1.54, 1.807) is 30.3 Å². The zero-order valence-electron chi connectivity index (χ0n) is 6.08. The molecule has 1 aromatic carbocycles. The van der Waals surface area contributed by atoms with Gasteiger partial charge in [-0.2, -0.15) is 0 Å². The van der Waals surface area contributed by atoms with Gasteiger partial charge in [-0.1, -0.05) is 18.2 Å². The topological polar surface area (TPSA) is 37.3 Å². The smallest absolute Gasteiger partial charge is 1.00 e. The predicted molar refractivity (Wildman–Crippen MR) is 39.2 cm³/mol. The molecule has 0 bridgehead atoms. The van der Waals surface area contributed by atoms with E-state index in [9.17, 15) is 4.79 Å². The summed E-state index contributed by atoms with van der Waals surface area (Å²) in [6.07, 6.45) is 0. The van der Waals surface area contributed by atoms with Crippen LogP contribution in [-0.4, -0.2) is 30.9 Å². The number of carbonyl (C=O) groups is 1. The summed E-state index contributed by atoms with van der Waals surface area (Å²) < 4.78 is 0. The van der Waals surface area contributed by atoms with Crippen molar-refractivity contribution in [2.45, 2.75) is 0 Å². The molecule has 1 aromatic rings. The fraction of sp³-hybridized carbons (Fsp3) is 0. The van der Waals surface area contributed by atoms with Crippen molar-refractivity contribution in [3.05, 3.63) is 35.9 Å². The molecule has 0 saturated heterocycles. The van der Waals surface area contributed by atoms with Crippen LogP contribution in [0.15, 0.2) is 30.3 Å². The van der Waals surface area contributed by atoms with Crippen LogP contribution in [-0.2, 0) is 0 Å². The molecule has 0 aliphatic carbocycles. The number of benzene rings is 1. The van der Waals surface area contributed by atoms with E-state index in [1.165, 1.54) is 0 Å². The zero-order chi connectivity index (χ0) is 6.69. The van der Waals surface area contributed by atoms with Gasteiger partial charge in [0.05, 0.1) is 5.56 Å². The average molecular weight is 230 g/mol. The molecule has 0 saturated carbocycles. The third-order valence-electron chi connectivity index (χ3n) is 1.02. The van der Waals surface area contributed by atoms with Gasteiger partial charge in [0.1, 0.15) is 0 Å². The molecule has 0 aliphatic heterocycles.